The van der Waals surface area contributed by atoms with E-state index in [0.29, 0.717) is 50.1 Å². The summed E-state index contributed by atoms with van der Waals surface area (Å²) < 4.78 is 6.15. The number of hydrogen-bond donors (Lipinski definition) is 0. The van der Waals surface area contributed by atoms with Crippen LogP contribution in [0.15, 0.2) is 30.3 Å². The zero-order valence-corrected chi connectivity index (χ0v) is 19.8. The van der Waals surface area contributed by atoms with Gasteiger partial charge < -0.3 is 9.64 Å². The number of rotatable bonds is 6. The van der Waals surface area contributed by atoms with Gasteiger partial charge in [-0.1, -0.05) is 46.1 Å². The van der Waals surface area contributed by atoms with Crippen LogP contribution in [0, 0.1) is 0 Å². The van der Waals surface area contributed by atoms with E-state index in [-0.39, 0.29) is 18.3 Å². The highest BCUT2D eigenvalue weighted by Crippen LogP contribution is 2.39. The molecule has 0 bridgehead atoms. The topological polar surface area (TPSA) is 45.7 Å². The van der Waals surface area contributed by atoms with Crippen molar-refractivity contribution in [2.45, 2.75) is 0 Å². The monoisotopic (exact) mass is 493 g/mol. The molecule has 2 aromatic carbocycles. The number of fused-ring (bicyclic) bond motifs is 1. The molecule has 0 saturated heterocycles. The van der Waals surface area contributed by atoms with Crippen LogP contribution in [-0.2, 0) is 0 Å². The maximum absolute atomic E-state index is 13.3. The summed E-state index contributed by atoms with van der Waals surface area (Å²) in [6, 6.07) is 8.33. The smallest absolute Gasteiger partial charge is 0.261 e. The summed E-state index contributed by atoms with van der Waals surface area (Å²) in [6.45, 7) is 1.09. The average molecular weight is 495 g/mol. The molecule has 156 valence electrons. The summed E-state index contributed by atoms with van der Waals surface area (Å²) in [5.74, 6) is 0.351. The zero-order chi connectivity index (χ0) is 20.4. The number of halogens is 4. The number of likely N-dealkylation sites (N-methyl/N-ethyl adjacent to an activating group) is 1. The number of aromatic nitrogens is 1. The van der Waals surface area contributed by atoms with Crippen LogP contribution in [0.3, 0.4) is 0 Å². The Morgan fingerprint density at radius 1 is 1.10 bits per heavy atom. The Labute approximate surface area is 194 Å². The number of thiazole rings is 1. The minimum absolute atomic E-state index is 0. The van der Waals surface area contributed by atoms with Gasteiger partial charge in [0.2, 0.25) is 0 Å². The second-order valence-corrected chi connectivity index (χ2v) is 8.54. The quantitative estimate of drug-likeness (QED) is 0.428. The predicted molar refractivity (Wildman–Crippen MR) is 125 cm³/mol. The lowest BCUT2D eigenvalue weighted by atomic mass is 10.2. The molecule has 0 radical (unpaired) electrons. The van der Waals surface area contributed by atoms with E-state index in [2.05, 4.69) is 4.98 Å². The Kier molecular flexibility index (Phi) is 8.40. The van der Waals surface area contributed by atoms with Crippen molar-refractivity contribution in [2.75, 3.05) is 39.2 Å². The van der Waals surface area contributed by atoms with Crippen LogP contribution in [0.4, 0.5) is 5.13 Å². The average Bonchev–Trinajstić information content (AvgIpc) is 3.08. The Balaban J connectivity index is 0.00000300. The van der Waals surface area contributed by atoms with Crippen molar-refractivity contribution in [3.8, 4) is 5.75 Å². The van der Waals surface area contributed by atoms with Gasteiger partial charge in [-0.05, 0) is 44.4 Å². The highest BCUT2D eigenvalue weighted by Gasteiger charge is 2.24. The van der Waals surface area contributed by atoms with Gasteiger partial charge in [-0.15, -0.1) is 12.4 Å². The van der Waals surface area contributed by atoms with Gasteiger partial charge in [-0.3, -0.25) is 9.69 Å². The molecule has 1 amide bonds. The van der Waals surface area contributed by atoms with Crippen molar-refractivity contribution >= 4 is 79.8 Å². The fourth-order valence-corrected chi connectivity index (χ4v) is 4.38. The van der Waals surface area contributed by atoms with E-state index in [1.54, 1.807) is 42.3 Å². The highest BCUT2D eigenvalue weighted by molar-refractivity contribution is 7.23. The molecule has 0 atom stereocenters. The van der Waals surface area contributed by atoms with Gasteiger partial charge in [0.1, 0.15) is 11.3 Å². The van der Waals surface area contributed by atoms with Crippen molar-refractivity contribution in [1.29, 1.82) is 0 Å². The van der Waals surface area contributed by atoms with Crippen LogP contribution in [0.25, 0.3) is 10.2 Å². The van der Waals surface area contributed by atoms with Gasteiger partial charge in [0.25, 0.3) is 5.91 Å². The summed E-state index contributed by atoms with van der Waals surface area (Å²) in [5.41, 5.74) is 0.988. The van der Waals surface area contributed by atoms with Crippen molar-refractivity contribution < 1.29 is 9.53 Å². The molecule has 3 aromatic rings. The van der Waals surface area contributed by atoms with Crippen LogP contribution >= 0.6 is 58.5 Å². The number of methoxy groups -OCH3 is 1. The largest absolute Gasteiger partial charge is 0.494 e. The van der Waals surface area contributed by atoms with E-state index in [0.717, 1.165) is 4.70 Å². The SMILES string of the molecule is COc1ccc(Cl)c2sc(N(CCN(C)C)C(=O)c3ccc(Cl)cc3Cl)nc12.Cl. The molecule has 0 aliphatic heterocycles. The minimum atomic E-state index is -0.252. The lowest BCUT2D eigenvalue weighted by Gasteiger charge is -2.22. The first-order valence-electron chi connectivity index (χ1n) is 8.36. The van der Waals surface area contributed by atoms with Crippen LogP contribution in [0.1, 0.15) is 10.4 Å². The van der Waals surface area contributed by atoms with Gasteiger partial charge in [-0.25, -0.2) is 4.98 Å². The van der Waals surface area contributed by atoms with Crippen LogP contribution < -0.4 is 9.64 Å². The molecular weight excluding hydrogens is 476 g/mol. The molecule has 0 aliphatic carbocycles. The van der Waals surface area contributed by atoms with Crippen molar-refractivity contribution in [3.63, 3.8) is 0 Å². The normalized spacial score (nSPS) is 10.9. The molecule has 0 unspecified atom stereocenters. The summed E-state index contributed by atoms with van der Waals surface area (Å²) in [7, 11) is 5.45. The van der Waals surface area contributed by atoms with Crippen LogP contribution in [-0.4, -0.2) is 50.1 Å². The summed E-state index contributed by atoms with van der Waals surface area (Å²) in [4.78, 5) is 21.5. The molecule has 0 fully saturated rings. The molecule has 5 nitrogen and oxygen atoms in total. The molecule has 0 spiro atoms. The van der Waals surface area contributed by atoms with Crippen molar-refractivity contribution in [1.82, 2.24) is 9.88 Å². The van der Waals surface area contributed by atoms with E-state index in [1.165, 1.54) is 11.3 Å². The van der Waals surface area contributed by atoms with E-state index < -0.39 is 0 Å². The third-order valence-corrected chi connectivity index (χ3v) is 6.16. The third-order valence-electron chi connectivity index (χ3n) is 4.08. The van der Waals surface area contributed by atoms with Gasteiger partial charge in [0.05, 0.1) is 27.4 Å². The number of carbonyl (C=O) groups is 1. The molecule has 0 saturated carbocycles. The fourth-order valence-electron chi connectivity index (χ4n) is 2.61. The molecule has 1 aromatic heterocycles. The molecular formula is C19H19Cl4N3O2S. The number of hydrogen-bond acceptors (Lipinski definition) is 5. The minimum Gasteiger partial charge on any atom is -0.494 e. The van der Waals surface area contributed by atoms with E-state index >= 15 is 0 Å². The lowest BCUT2D eigenvalue weighted by molar-refractivity contribution is 0.0985. The van der Waals surface area contributed by atoms with Crippen molar-refractivity contribution in [3.05, 3.63) is 51.0 Å². The van der Waals surface area contributed by atoms with Gasteiger partial charge in [-0.2, -0.15) is 0 Å². The Hall–Kier alpha value is -1.28. The summed E-state index contributed by atoms with van der Waals surface area (Å²) in [5, 5.41) is 1.85. The van der Waals surface area contributed by atoms with Gasteiger partial charge in [0.15, 0.2) is 5.13 Å². The molecule has 10 heteroatoms. The first-order chi connectivity index (χ1) is 13.3. The van der Waals surface area contributed by atoms with Crippen LogP contribution in [0.2, 0.25) is 15.1 Å². The van der Waals surface area contributed by atoms with Crippen molar-refractivity contribution in [2.24, 2.45) is 0 Å². The Morgan fingerprint density at radius 2 is 1.83 bits per heavy atom. The summed E-state index contributed by atoms with van der Waals surface area (Å²) >= 11 is 19.9. The fraction of sp³-hybridized carbons (Fsp3) is 0.263. The number of benzene rings is 2. The number of nitrogens with zero attached hydrogens (tertiary/aromatic N) is 3. The molecule has 1 heterocycles. The maximum Gasteiger partial charge on any atom is 0.261 e. The Morgan fingerprint density at radius 3 is 2.45 bits per heavy atom. The van der Waals surface area contributed by atoms with E-state index in [1.807, 2.05) is 19.0 Å². The second-order valence-electron chi connectivity index (χ2n) is 6.31. The van der Waals surface area contributed by atoms with Gasteiger partial charge in [0, 0.05) is 18.1 Å². The Bertz CT molecular complexity index is 1030. The predicted octanol–water partition coefficient (Wildman–Crippen LogP) is 5.90. The molecule has 29 heavy (non-hydrogen) atoms. The maximum atomic E-state index is 13.3. The number of anilines is 1. The lowest BCUT2D eigenvalue weighted by Crippen LogP contribution is -2.36. The number of carbonyl (C=O) groups excluding carboxylic acids is 1. The second kappa shape index (κ2) is 10.2. The first-order valence-corrected chi connectivity index (χ1v) is 10.3. The van der Waals surface area contributed by atoms with Gasteiger partial charge >= 0.3 is 0 Å². The molecule has 0 aliphatic rings. The standard InChI is InChI=1S/C19H18Cl3N3O2S.ClH/c1-24(2)8-9-25(18(26)12-5-4-11(20)10-14(12)22)19-23-16-15(27-3)7-6-13(21)17(16)28-19;/h4-7,10H,8-9H2,1-3H3;1H. The van der Waals surface area contributed by atoms with E-state index in [9.17, 15) is 4.79 Å². The first kappa shape index (κ1) is 24.0. The number of ether oxygens (including phenoxy) is 1. The van der Waals surface area contributed by atoms with Crippen LogP contribution in [0.5, 0.6) is 5.75 Å². The third kappa shape index (κ3) is 5.26. The van der Waals surface area contributed by atoms with E-state index in [4.69, 9.17) is 39.5 Å². The zero-order valence-electron chi connectivity index (χ0n) is 15.9. The number of amides is 1. The molecule has 0 N–H and O–H groups in total. The highest BCUT2D eigenvalue weighted by atomic mass is 35.5. The molecule has 3 rings (SSSR count). The summed E-state index contributed by atoms with van der Waals surface area (Å²) in [6.07, 6.45) is 0.